The van der Waals surface area contributed by atoms with E-state index in [-0.39, 0.29) is 11.9 Å². The number of nitrogens with two attached hydrogens (primary N) is 1. The third-order valence-electron chi connectivity index (χ3n) is 2.88. The quantitative estimate of drug-likeness (QED) is 0.842. The minimum Gasteiger partial charge on any atom is -0.327 e. The first-order valence-electron chi connectivity index (χ1n) is 5.24. The molecule has 0 aliphatic heterocycles. The summed E-state index contributed by atoms with van der Waals surface area (Å²) >= 11 is 5.93. The molecule has 2 atom stereocenters. The van der Waals surface area contributed by atoms with Gasteiger partial charge in [0.1, 0.15) is 5.82 Å². The highest BCUT2D eigenvalue weighted by Crippen LogP contribution is 2.22. The van der Waals surface area contributed by atoms with Crippen molar-refractivity contribution in [3.8, 4) is 0 Å². The van der Waals surface area contributed by atoms with Crippen molar-refractivity contribution in [1.82, 2.24) is 0 Å². The number of hydrogen-bond donors (Lipinski definition) is 1. The van der Waals surface area contributed by atoms with Crippen LogP contribution in [0.5, 0.6) is 0 Å². The minimum absolute atomic E-state index is 0.0376. The lowest BCUT2D eigenvalue weighted by atomic mass is 9.94. The molecule has 1 aromatic rings. The van der Waals surface area contributed by atoms with E-state index in [4.69, 9.17) is 17.3 Å². The van der Waals surface area contributed by atoms with Gasteiger partial charge >= 0.3 is 0 Å². The topological polar surface area (TPSA) is 26.0 Å². The van der Waals surface area contributed by atoms with E-state index in [0.717, 1.165) is 6.42 Å². The van der Waals surface area contributed by atoms with Gasteiger partial charge in [-0.25, -0.2) is 4.39 Å². The largest absolute Gasteiger partial charge is 0.327 e. The van der Waals surface area contributed by atoms with Gasteiger partial charge in [0.15, 0.2) is 0 Å². The summed E-state index contributed by atoms with van der Waals surface area (Å²) in [7, 11) is 0. The van der Waals surface area contributed by atoms with Gasteiger partial charge < -0.3 is 5.73 Å². The zero-order chi connectivity index (χ0) is 11.4. The third kappa shape index (κ3) is 3.18. The normalized spacial score (nSPS) is 15.0. The lowest BCUT2D eigenvalue weighted by Crippen LogP contribution is -2.30. The molecule has 0 saturated heterocycles. The molecular weight excluding hydrogens is 213 g/mol. The summed E-state index contributed by atoms with van der Waals surface area (Å²) in [4.78, 5) is 0. The maximum absolute atomic E-state index is 13.4. The van der Waals surface area contributed by atoms with Crippen LogP contribution in [0.15, 0.2) is 18.2 Å². The van der Waals surface area contributed by atoms with Crippen LogP contribution in [-0.4, -0.2) is 6.04 Å². The molecule has 0 aliphatic carbocycles. The van der Waals surface area contributed by atoms with E-state index in [1.54, 1.807) is 12.1 Å². The molecule has 2 unspecified atom stereocenters. The molecule has 0 aromatic heterocycles. The summed E-state index contributed by atoms with van der Waals surface area (Å²) in [6, 6.07) is 4.69. The molecule has 0 amide bonds. The van der Waals surface area contributed by atoms with Crippen LogP contribution in [0.3, 0.4) is 0 Å². The van der Waals surface area contributed by atoms with Crippen molar-refractivity contribution in [2.24, 2.45) is 11.7 Å². The summed E-state index contributed by atoms with van der Waals surface area (Å²) in [6.45, 7) is 4.15. The molecule has 0 saturated carbocycles. The molecule has 1 rings (SSSR count). The van der Waals surface area contributed by atoms with Gasteiger partial charge in [0.25, 0.3) is 0 Å². The van der Waals surface area contributed by atoms with E-state index < -0.39 is 0 Å². The Balaban J connectivity index is 2.80. The standard InChI is InChI=1S/C12H17ClFN/c1-3-8(2)12(15)7-9-10(13)5-4-6-11(9)14/h4-6,8,12H,3,7,15H2,1-2H3. The lowest BCUT2D eigenvalue weighted by molar-refractivity contribution is 0.434. The maximum atomic E-state index is 13.4. The zero-order valence-corrected chi connectivity index (χ0v) is 9.89. The summed E-state index contributed by atoms with van der Waals surface area (Å²) in [5, 5.41) is 0.466. The van der Waals surface area contributed by atoms with Crippen LogP contribution in [0.1, 0.15) is 25.8 Å². The molecular formula is C12H17ClFN. The van der Waals surface area contributed by atoms with E-state index in [0.29, 0.717) is 22.9 Å². The molecule has 3 heteroatoms. The van der Waals surface area contributed by atoms with Gasteiger partial charge in [-0.1, -0.05) is 37.9 Å². The highest BCUT2D eigenvalue weighted by atomic mass is 35.5. The van der Waals surface area contributed by atoms with Crippen LogP contribution < -0.4 is 5.73 Å². The fourth-order valence-electron chi connectivity index (χ4n) is 1.47. The van der Waals surface area contributed by atoms with Crippen molar-refractivity contribution in [2.45, 2.75) is 32.7 Å². The Hall–Kier alpha value is -0.600. The van der Waals surface area contributed by atoms with Crippen molar-refractivity contribution < 1.29 is 4.39 Å². The first kappa shape index (κ1) is 12.5. The fourth-order valence-corrected chi connectivity index (χ4v) is 1.71. The molecule has 0 aliphatic rings. The van der Waals surface area contributed by atoms with Crippen molar-refractivity contribution in [3.05, 3.63) is 34.6 Å². The molecule has 0 heterocycles. The van der Waals surface area contributed by atoms with Gasteiger partial charge in [0, 0.05) is 16.6 Å². The molecule has 2 N–H and O–H groups in total. The van der Waals surface area contributed by atoms with Crippen LogP contribution in [0, 0.1) is 11.7 Å². The minimum atomic E-state index is -0.263. The molecule has 0 spiro atoms. The molecule has 0 radical (unpaired) electrons. The van der Waals surface area contributed by atoms with E-state index in [9.17, 15) is 4.39 Å². The zero-order valence-electron chi connectivity index (χ0n) is 9.13. The van der Waals surface area contributed by atoms with E-state index in [1.165, 1.54) is 6.07 Å². The highest BCUT2D eigenvalue weighted by Gasteiger charge is 2.15. The summed E-state index contributed by atoms with van der Waals surface area (Å²) in [5.41, 5.74) is 6.51. The van der Waals surface area contributed by atoms with Gasteiger partial charge in [-0.15, -0.1) is 0 Å². The second-order valence-corrected chi connectivity index (χ2v) is 4.36. The van der Waals surface area contributed by atoms with E-state index in [1.807, 2.05) is 0 Å². The molecule has 0 bridgehead atoms. The van der Waals surface area contributed by atoms with Gasteiger partial charge in [-0.3, -0.25) is 0 Å². The van der Waals surface area contributed by atoms with Gasteiger partial charge in [-0.2, -0.15) is 0 Å². The molecule has 1 aromatic carbocycles. The first-order valence-corrected chi connectivity index (χ1v) is 5.62. The Morgan fingerprint density at radius 1 is 1.47 bits per heavy atom. The predicted molar refractivity (Wildman–Crippen MR) is 62.5 cm³/mol. The SMILES string of the molecule is CCC(C)C(N)Cc1c(F)cccc1Cl. The average Bonchev–Trinajstić information content (AvgIpc) is 2.22. The number of hydrogen-bond acceptors (Lipinski definition) is 1. The number of rotatable bonds is 4. The van der Waals surface area contributed by atoms with Crippen molar-refractivity contribution in [1.29, 1.82) is 0 Å². The maximum Gasteiger partial charge on any atom is 0.127 e. The number of halogens is 2. The summed E-state index contributed by atoms with van der Waals surface area (Å²) in [5.74, 6) is 0.113. The third-order valence-corrected chi connectivity index (χ3v) is 3.23. The Morgan fingerprint density at radius 2 is 2.13 bits per heavy atom. The van der Waals surface area contributed by atoms with Crippen LogP contribution in [0.4, 0.5) is 4.39 Å². The Morgan fingerprint density at radius 3 is 2.67 bits per heavy atom. The Bertz CT molecular complexity index is 307. The first-order chi connectivity index (χ1) is 7.06. The summed E-state index contributed by atoms with van der Waals surface area (Å²) < 4.78 is 13.4. The lowest BCUT2D eigenvalue weighted by Gasteiger charge is -2.19. The van der Waals surface area contributed by atoms with Gasteiger partial charge in [0.2, 0.25) is 0 Å². The van der Waals surface area contributed by atoms with E-state index in [2.05, 4.69) is 13.8 Å². The van der Waals surface area contributed by atoms with Crippen LogP contribution in [0.25, 0.3) is 0 Å². The predicted octanol–water partition coefficient (Wildman–Crippen LogP) is 3.40. The van der Waals surface area contributed by atoms with Gasteiger partial charge in [0.05, 0.1) is 0 Å². The Kier molecular flexibility index (Phi) is 4.55. The fraction of sp³-hybridized carbons (Fsp3) is 0.500. The van der Waals surface area contributed by atoms with Crippen LogP contribution in [-0.2, 0) is 6.42 Å². The van der Waals surface area contributed by atoms with Gasteiger partial charge in [-0.05, 0) is 24.5 Å². The van der Waals surface area contributed by atoms with E-state index >= 15 is 0 Å². The number of benzene rings is 1. The molecule has 1 nitrogen and oxygen atoms in total. The molecule has 15 heavy (non-hydrogen) atoms. The second kappa shape index (κ2) is 5.47. The van der Waals surface area contributed by atoms with Crippen molar-refractivity contribution in [2.75, 3.05) is 0 Å². The average molecular weight is 230 g/mol. The highest BCUT2D eigenvalue weighted by molar-refractivity contribution is 6.31. The Labute approximate surface area is 95.4 Å². The molecule has 0 fully saturated rings. The van der Waals surface area contributed by atoms with Crippen molar-refractivity contribution >= 4 is 11.6 Å². The smallest absolute Gasteiger partial charge is 0.127 e. The van der Waals surface area contributed by atoms with Crippen LogP contribution >= 0.6 is 11.6 Å². The summed E-state index contributed by atoms with van der Waals surface area (Å²) in [6.07, 6.45) is 1.49. The van der Waals surface area contributed by atoms with Crippen molar-refractivity contribution in [3.63, 3.8) is 0 Å². The monoisotopic (exact) mass is 229 g/mol. The van der Waals surface area contributed by atoms with Crippen LogP contribution in [0.2, 0.25) is 5.02 Å². The molecule has 84 valence electrons. The second-order valence-electron chi connectivity index (χ2n) is 3.95.